The molecule has 0 aromatic heterocycles. The third-order valence-corrected chi connectivity index (χ3v) is 5.22. The van der Waals surface area contributed by atoms with E-state index in [9.17, 15) is 9.59 Å². The Morgan fingerprint density at radius 1 is 0.964 bits per heavy atom. The van der Waals surface area contributed by atoms with Gasteiger partial charge in [0.25, 0.3) is 0 Å². The number of hydrogen-bond donors (Lipinski definition) is 1. The molecule has 0 saturated carbocycles. The van der Waals surface area contributed by atoms with Crippen molar-refractivity contribution in [3.63, 3.8) is 0 Å². The van der Waals surface area contributed by atoms with Crippen LogP contribution < -0.4 is 5.32 Å². The first-order valence-corrected chi connectivity index (χ1v) is 10.1. The summed E-state index contributed by atoms with van der Waals surface area (Å²) in [6.45, 7) is 11.3. The Balaban J connectivity index is 0.00000392. The molecule has 0 bridgehead atoms. The van der Waals surface area contributed by atoms with E-state index >= 15 is 0 Å². The van der Waals surface area contributed by atoms with Crippen molar-refractivity contribution in [3.8, 4) is 0 Å². The van der Waals surface area contributed by atoms with Crippen LogP contribution >= 0.6 is 24.0 Å². The van der Waals surface area contributed by atoms with Gasteiger partial charge in [0.05, 0.1) is 6.04 Å². The summed E-state index contributed by atoms with van der Waals surface area (Å²) in [4.78, 5) is 37.0. The molecule has 1 N–H and O–H groups in total. The number of guanidine groups is 1. The summed E-state index contributed by atoms with van der Waals surface area (Å²) in [5.74, 6) is 1.02. The van der Waals surface area contributed by atoms with E-state index in [1.165, 1.54) is 0 Å². The van der Waals surface area contributed by atoms with Crippen LogP contribution in [0, 0.1) is 0 Å². The van der Waals surface area contributed by atoms with Crippen molar-refractivity contribution >= 4 is 41.8 Å². The molecule has 2 rings (SSSR count). The Kier molecular flexibility index (Phi) is 10.5. The number of halogens is 1. The van der Waals surface area contributed by atoms with E-state index in [4.69, 9.17) is 0 Å². The van der Waals surface area contributed by atoms with Crippen molar-refractivity contribution in [2.24, 2.45) is 4.99 Å². The fourth-order valence-electron chi connectivity index (χ4n) is 3.46. The Morgan fingerprint density at radius 2 is 1.54 bits per heavy atom. The highest BCUT2D eigenvalue weighted by Gasteiger charge is 2.30. The fourth-order valence-corrected chi connectivity index (χ4v) is 3.46. The molecule has 2 fully saturated rings. The van der Waals surface area contributed by atoms with Crippen molar-refractivity contribution in [1.82, 2.24) is 24.9 Å². The van der Waals surface area contributed by atoms with Crippen molar-refractivity contribution in [3.05, 3.63) is 0 Å². The molecule has 0 radical (unpaired) electrons. The maximum atomic E-state index is 12.6. The van der Waals surface area contributed by atoms with Crippen LogP contribution in [0.5, 0.6) is 0 Å². The van der Waals surface area contributed by atoms with Gasteiger partial charge in [0, 0.05) is 59.4 Å². The van der Waals surface area contributed by atoms with Crippen LogP contribution in [0.25, 0.3) is 0 Å². The molecule has 0 aromatic rings. The lowest BCUT2D eigenvalue weighted by molar-refractivity contribution is -0.135. The van der Waals surface area contributed by atoms with Gasteiger partial charge in [-0.1, -0.05) is 0 Å². The van der Waals surface area contributed by atoms with Crippen LogP contribution in [0.2, 0.25) is 0 Å². The van der Waals surface area contributed by atoms with Crippen molar-refractivity contribution in [2.75, 3.05) is 59.9 Å². The van der Waals surface area contributed by atoms with Gasteiger partial charge >= 0.3 is 0 Å². The first kappa shape index (κ1) is 24.9. The minimum atomic E-state index is -0.0704. The Morgan fingerprint density at radius 3 is 2.04 bits per heavy atom. The summed E-state index contributed by atoms with van der Waals surface area (Å²) in [6.07, 6.45) is 2.25. The van der Waals surface area contributed by atoms with Gasteiger partial charge in [0.2, 0.25) is 11.8 Å². The van der Waals surface area contributed by atoms with Crippen LogP contribution in [-0.4, -0.2) is 109 Å². The Labute approximate surface area is 186 Å². The van der Waals surface area contributed by atoms with Crippen LogP contribution in [0.1, 0.15) is 33.6 Å². The largest absolute Gasteiger partial charge is 0.354 e. The lowest BCUT2D eigenvalue weighted by Crippen LogP contribution is -2.57. The molecule has 2 heterocycles. The summed E-state index contributed by atoms with van der Waals surface area (Å²) in [5.41, 5.74) is 0. The summed E-state index contributed by atoms with van der Waals surface area (Å²) >= 11 is 0. The monoisotopic (exact) mass is 508 g/mol. The summed E-state index contributed by atoms with van der Waals surface area (Å²) in [7, 11) is 3.48. The number of nitrogens with one attached hydrogen (secondary N) is 1. The van der Waals surface area contributed by atoms with Gasteiger partial charge < -0.3 is 20.0 Å². The molecule has 8 nitrogen and oxygen atoms in total. The van der Waals surface area contributed by atoms with Gasteiger partial charge in [-0.05, 0) is 33.6 Å². The third-order valence-electron chi connectivity index (χ3n) is 5.22. The Hall–Kier alpha value is -1.10. The van der Waals surface area contributed by atoms with E-state index < -0.39 is 0 Å². The number of piperazine rings is 1. The number of hydrogen-bond acceptors (Lipinski definition) is 4. The summed E-state index contributed by atoms with van der Waals surface area (Å²) in [5, 5.41) is 3.37. The van der Waals surface area contributed by atoms with Gasteiger partial charge in [-0.15, -0.1) is 24.0 Å². The number of carbonyl (C=O) groups excluding carboxylic acids is 2. The van der Waals surface area contributed by atoms with E-state index in [0.29, 0.717) is 0 Å². The molecule has 9 heteroatoms. The first-order valence-electron chi connectivity index (χ1n) is 10.1. The molecule has 28 heavy (non-hydrogen) atoms. The molecular weight excluding hydrogens is 471 g/mol. The van der Waals surface area contributed by atoms with E-state index in [-0.39, 0.29) is 54.4 Å². The zero-order chi connectivity index (χ0) is 20.0. The van der Waals surface area contributed by atoms with Gasteiger partial charge in [-0.3, -0.25) is 14.5 Å². The number of amides is 2. The molecule has 2 saturated heterocycles. The van der Waals surface area contributed by atoms with Crippen molar-refractivity contribution in [2.45, 2.75) is 45.7 Å². The topological polar surface area (TPSA) is 71.5 Å². The standard InChI is InChI=1S/C19H36N6O2.HI/c1-15(2)21-19(20-14-17(26)22(4)5)25-12-10-23(11-13-25)16(3)18(27)24-8-6-7-9-24;/h15-16H,6-14H2,1-5H3,(H,20,21);1H. The number of carbonyl (C=O) groups is 2. The highest BCUT2D eigenvalue weighted by molar-refractivity contribution is 14.0. The molecule has 0 aliphatic carbocycles. The van der Waals surface area contributed by atoms with E-state index in [1.807, 2.05) is 11.8 Å². The average Bonchev–Trinajstić information content (AvgIpc) is 3.18. The maximum absolute atomic E-state index is 12.6. The number of likely N-dealkylation sites (N-methyl/N-ethyl adjacent to an activating group) is 1. The maximum Gasteiger partial charge on any atom is 0.243 e. The average molecular weight is 508 g/mol. The number of likely N-dealkylation sites (tertiary alicyclic amines) is 1. The van der Waals surface area contributed by atoms with E-state index in [2.05, 4.69) is 34.0 Å². The lowest BCUT2D eigenvalue weighted by atomic mass is 10.2. The second kappa shape index (κ2) is 11.8. The van der Waals surface area contributed by atoms with Crippen LogP contribution in [0.4, 0.5) is 0 Å². The quantitative estimate of drug-likeness (QED) is 0.336. The third kappa shape index (κ3) is 7.06. The smallest absolute Gasteiger partial charge is 0.243 e. The van der Waals surface area contributed by atoms with E-state index in [1.54, 1.807) is 19.0 Å². The molecule has 162 valence electrons. The van der Waals surface area contributed by atoms with Crippen LogP contribution in [-0.2, 0) is 9.59 Å². The number of nitrogens with zero attached hydrogens (tertiary/aromatic N) is 5. The Bertz CT molecular complexity index is 541. The molecule has 2 aliphatic heterocycles. The zero-order valence-electron chi connectivity index (χ0n) is 18.0. The highest BCUT2D eigenvalue weighted by atomic mass is 127. The first-order chi connectivity index (χ1) is 12.8. The van der Waals surface area contributed by atoms with Crippen LogP contribution in [0.3, 0.4) is 0 Å². The SMILES string of the molecule is CC(C)NC(=NCC(=O)N(C)C)N1CCN(C(C)C(=O)N2CCCC2)CC1.I. The van der Waals surface area contributed by atoms with Gasteiger partial charge in [-0.25, -0.2) is 4.99 Å². The highest BCUT2D eigenvalue weighted by Crippen LogP contribution is 2.14. The second-order valence-corrected chi connectivity index (χ2v) is 7.96. The molecule has 0 spiro atoms. The van der Waals surface area contributed by atoms with Gasteiger partial charge in [-0.2, -0.15) is 0 Å². The summed E-state index contributed by atoms with van der Waals surface area (Å²) in [6, 6.07) is 0.172. The molecule has 2 amide bonds. The van der Waals surface area contributed by atoms with Gasteiger partial charge in [0.15, 0.2) is 5.96 Å². The van der Waals surface area contributed by atoms with Crippen LogP contribution in [0.15, 0.2) is 4.99 Å². The van der Waals surface area contributed by atoms with Crippen molar-refractivity contribution < 1.29 is 9.59 Å². The molecular formula is C19H37IN6O2. The zero-order valence-corrected chi connectivity index (χ0v) is 20.3. The fraction of sp³-hybridized carbons (Fsp3) is 0.842. The second-order valence-electron chi connectivity index (χ2n) is 7.96. The molecule has 1 atom stereocenters. The summed E-state index contributed by atoms with van der Waals surface area (Å²) < 4.78 is 0. The lowest BCUT2D eigenvalue weighted by Gasteiger charge is -2.40. The molecule has 0 aromatic carbocycles. The van der Waals surface area contributed by atoms with Crippen molar-refractivity contribution in [1.29, 1.82) is 0 Å². The van der Waals surface area contributed by atoms with Gasteiger partial charge in [0.1, 0.15) is 6.54 Å². The van der Waals surface area contributed by atoms with E-state index in [0.717, 1.165) is 58.1 Å². The molecule has 1 unspecified atom stereocenters. The minimum absolute atomic E-state index is 0. The minimum Gasteiger partial charge on any atom is -0.354 e. The predicted molar refractivity (Wildman–Crippen MR) is 123 cm³/mol. The molecule has 2 aliphatic rings. The normalized spacial score (nSPS) is 19.4. The number of rotatable bonds is 5. The predicted octanol–water partition coefficient (Wildman–Crippen LogP) is 0.675. The number of aliphatic imine (C=N–C) groups is 1.